The number of carboxylic acids is 1. The summed E-state index contributed by atoms with van der Waals surface area (Å²) in [7, 11) is 1.47. The smallest absolute Gasteiger partial charge is 0.326 e. The van der Waals surface area contributed by atoms with E-state index in [0.717, 1.165) is 0 Å². The average Bonchev–Trinajstić information content (AvgIpc) is 2.42. The molecule has 0 aromatic carbocycles. The molecule has 1 atom stereocenters. The van der Waals surface area contributed by atoms with Crippen LogP contribution in [-0.4, -0.2) is 60.8 Å². The number of hydrogen-bond acceptors (Lipinski definition) is 5. The van der Waals surface area contributed by atoms with Gasteiger partial charge < -0.3 is 25.8 Å². The highest BCUT2D eigenvalue weighted by Crippen LogP contribution is 2.00. The Labute approximate surface area is 122 Å². The first-order chi connectivity index (χ1) is 9.92. The van der Waals surface area contributed by atoms with Crippen molar-refractivity contribution in [3.05, 3.63) is 0 Å². The number of carboxylic acid groups (broad SMARTS) is 1. The van der Waals surface area contributed by atoms with Gasteiger partial charge in [0.1, 0.15) is 6.04 Å². The second kappa shape index (κ2) is 10.4. The highest BCUT2D eigenvalue weighted by atomic mass is 16.5. The van der Waals surface area contributed by atoms with E-state index >= 15 is 0 Å². The minimum Gasteiger partial charge on any atom is -0.480 e. The Morgan fingerprint density at radius 1 is 1.43 bits per heavy atom. The van der Waals surface area contributed by atoms with Crippen LogP contribution in [0.25, 0.3) is 0 Å². The maximum absolute atomic E-state index is 12.0. The standard InChI is InChI=1S/C12H20N4O5/c1-21-8-7-16(6-2-5-13)12(20)15-9(11(18)19)3-4-10(14)17/h9H,2-4,6-8H2,1H3,(H2,14,17)(H,15,20)(H,18,19)/t9-/m1/s1. The number of carbonyl (C=O) groups is 3. The number of rotatable bonds is 10. The zero-order chi connectivity index (χ0) is 16.3. The van der Waals surface area contributed by atoms with Crippen LogP contribution in [0.4, 0.5) is 4.79 Å². The van der Waals surface area contributed by atoms with Crippen molar-refractivity contribution >= 4 is 17.9 Å². The third-order valence-corrected chi connectivity index (χ3v) is 2.62. The SMILES string of the molecule is COCCN(CCC#N)C(=O)N[C@H](CCC(N)=O)C(=O)O. The van der Waals surface area contributed by atoms with E-state index in [2.05, 4.69) is 5.32 Å². The van der Waals surface area contributed by atoms with Gasteiger partial charge in [0, 0.05) is 26.6 Å². The topological polar surface area (TPSA) is 146 Å². The van der Waals surface area contributed by atoms with Crippen LogP contribution in [0.5, 0.6) is 0 Å². The fourth-order valence-electron chi connectivity index (χ4n) is 1.49. The number of carbonyl (C=O) groups excluding carboxylic acids is 2. The summed E-state index contributed by atoms with van der Waals surface area (Å²) in [5, 5.41) is 19.9. The van der Waals surface area contributed by atoms with Gasteiger partial charge in [-0.3, -0.25) is 4.79 Å². The Balaban J connectivity index is 4.61. The van der Waals surface area contributed by atoms with E-state index in [1.165, 1.54) is 12.0 Å². The van der Waals surface area contributed by atoms with Gasteiger partial charge >= 0.3 is 12.0 Å². The molecule has 9 nitrogen and oxygen atoms in total. The molecular formula is C12H20N4O5. The minimum absolute atomic E-state index is 0.0905. The number of nitrogens with zero attached hydrogens (tertiary/aromatic N) is 2. The number of nitrogens with two attached hydrogens (primary N) is 1. The van der Waals surface area contributed by atoms with E-state index in [0.29, 0.717) is 0 Å². The number of ether oxygens (including phenoxy) is 1. The second-order valence-corrected chi connectivity index (χ2v) is 4.23. The van der Waals surface area contributed by atoms with Crippen molar-refractivity contribution in [1.82, 2.24) is 10.2 Å². The van der Waals surface area contributed by atoms with Crippen molar-refractivity contribution in [3.8, 4) is 6.07 Å². The van der Waals surface area contributed by atoms with E-state index in [-0.39, 0.29) is 39.0 Å². The summed E-state index contributed by atoms with van der Waals surface area (Å²) in [5.74, 6) is -1.90. The number of aliphatic carboxylic acids is 1. The molecule has 0 aromatic rings. The minimum atomic E-state index is -1.25. The molecule has 0 rings (SSSR count). The molecule has 0 aliphatic carbocycles. The van der Waals surface area contributed by atoms with Gasteiger partial charge in [0.15, 0.2) is 0 Å². The van der Waals surface area contributed by atoms with Crippen molar-refractivity contribution in [2.24, 2.45) is 5.73 Å². The van der Waals surface area contributed by atoms with Gasteiger partial charge in [-0.1, -0.05) is 0 Å². The Bertz CT molecular complexity index is 407. The highest BCUT2D eigenvalue weighted by molar-refractivity contribution is 5.83. The maximum atomic E-state index is 12.0. The fourth-order valence-corrected chi connectivity index (χ4v) is 1.49. The number of urea groups is 1. The molecule has 0 saturated carbocycles. The van der Waals surface area contributed by atoms with Crippen LogP contribution in [0, 0.1) is 11.3 Å². The number of hydrogen-bond donors (Lipinski definition) is 3. The highest BCUT2D eigenvalue weighted by Gasteiger charge is 2.23. The number of nitriles is 1. The van der Waals surface area contributed by atoms with Crippen LogP contribution in [-0.2, 0) is 14.3 Å². The molecule has 0 aromatic heterocycles. The molecule has 9 heteroatoms. The lowest BCUT2D eigenvalue weighted by Gasteiger charge is -2.24. The summed E-state index contributed by atoms with van der Waals surface area (Å²) in [4.78, 5) is 35.0. The van der Waals surface area contributed by atoms with Crippen LogP contribution in [0.1, 0.15) is 19.3 Å². The van der Waals surface area contributed by atoms with Gasteiger partial charge in [-0.15, -0.1) is 0 Å². The molecule has 0 spiro atoms. The van der Waals surface area contributed by atoms with E-state index < -0.39 is 23.9 Å². The van der Waals surface area contributed by atoms with Gasteiger partial charge in [0.05, 0.1) is 19.1 Å². The first kappa shape index (κ1) is 18.7. The molecule has 0 bridgehead atoms. The molecule has 0 unspecified atom stereocenters. The van der Waals surface area contributed by atoms with Crippen LogP contribution < -0.4 is 11.1 Å². The maximum Gasteiger partial charge on any atom is 0.326 e. The lowest BCUT2D eigenvalue weighted by molar-refractivity contribution is -0.139. The summed E-state index contributed by atoms with van der Waals surface area (Å²) < 4.78 is 4.85. The Morgan fingerprint density at radius 3 is 2.57 bits per heavy atom. The van der Waals surface area contributed by atoms with Crippen LogP contribution in [0.2, 0.25) is 0 Å². The first-order valence-electron chi connectivity index (χ1n) is 6.34. The van der Waals surface area contributed by atoms with Crippen LogP contribution >= 0.6 is 0 Å². The van der Waals surface area contributed by atoms with E-state index in [1.807, 2.05) is 6.07 Å². The number of methoxy groups -OCH3 is 1. The molecule has 0 fully saturated rings. The molecule has 118 valence electrons. The van der Waals surface area contributed by atoms with E-state index in [9.17, 15) is 14.4 Å². The molecule has 0 aliphatic rings. The van der Waals surface area contributed by atoms with Gasteiger partial charge in [0.2, 0.25) is 5.91 Å². The Hall–Kier alpha value is -2.34. The number of nitrogens with one attached hydrogen (secondary N) is 1. The van der Waals surface area contributed by atoms with Gasteiger partial charge in [0.25, 0.3) is 0 Å². The zero-order valence-electron chi connectivity index (χ0n) is 11.9. The second-order valence-electron chi connectivity index (χ2n) is 4.23. The molecule has 0 aliphatic heterocycles. The summed E-state index contributed by atoms with van der Waals surface area (Å²) in [6.07, 6.45) is -0.115. The van der Waals surface area contributed by atoms with Crippen molar-refractivity contribution in [1.29, 1.82) is 5.26 Å². The molecule has 4 N–H and O–H groups in total. The third-order valence-electron chi connectivity index (χ3n) is 2.62. The number of amides is 3. The van der Waals surface area contributed by atoms with Gasteiger partial charge in [-0.2, -0.15) is 5.26 Å². The third kappa shape index (κ3) is 8.43. The van der Waals surface area contributed by atoms with Crippen molar-refractivity contribution in [2.75, 3.05) is 26.8 Å². The largest absolute Gasteiger partial charge is 0.480 e. The molecule has 0 radical (unpaired) electrons. The predicted octanol–water partition coefficient (Wildman–Crippen LogP) is -0.723. The fraction of sp³-hybridized carbons (Fsp3) is 0.667. The lowest BCUT2D eigenvalue weighted by Crippen LogP contribution is -2.49. The van der Waals surface area contributed by atoms with E-state index in [1.54, 1.807) is 0 Å². The molecule has 3 amide bonds. The first-order valence-corrected chi connectivity index (χ1v) is 6.34. The van der Waals surface area contributed by atoms with Crippen LogP contribution in [0.3, 0.4) is 0 Å². The average molecular weight is 300 g/mol. The monoisotopic (exact) mass is 300 g/mol. The van der Waals surface area contributed by atoms with Crippen molar-refractivity contribution < 1.29 is 24.2 Å². The predicted molar refractivity (Wildman–Crippen MR) is 72.1 cm³/mol. The molecule has 0 heterocycles. The summed E-state index contributed by atoms with van der Waals surface area (Å²) in [6.45, 7) is 0.651. The lowest BCUT2D eigenvalue weighted by atomic mass is 10.1. The summed E-state index contributed by atoms with van der Waals surface area (Å²) in [6, 6.07) is 0.0689. The van der Waals surface area contributed by atoms with Gasteiger partial charge in [-0.25, -0.2) is 9.59 Å². The van der Waals surface area contributed by atoms with E-state index in [4.69, 9.17) is 20.8 Å². The summed E-state index contributed by atoms with van der Waals surface area (Å²) in [5.41, 5.74) is 4.96. The molecule has 21 heavy (non-hydrogen) atoms. The van der Waals surface area contributed by atoms with Gasteiger partial charge in [-0.05, 0) is 6.42 Å². The van der Waals surface area contributed by atoms with Crippen LogP contribution in [0.15, 0.2) is 0 Å². The molecular weight excluding hydrogens is 280 g/mol. The quantitative estimate of drug-likeness (QED) is 0.485. The normalized spacial score (nSPS) is 11.2. The zero-order valence-corrected chi connectivity index (χ0v) is 11.9. The van der Waals surface area contributed by atoms with Crippen molar-refractivity contribution in [3.63, 3.8) is 0 Å². The Morgan fingerprint density at radius 2 is 2.10 bits per heavy atom. The number of primary amides is 1. The Kier molecular flexibility index (Phi) is 9.28. The van der Waals surface area contributed by atoms with Crippen molar-refractivity contribution in [2.45, 2.75) is 25.3 Å². The summed E-state index contributed by atoms with van der Waals surface area (Å²) >= 11 is 0. The molecule has 0 saturated heterocycles.